The zero-order valence-corrected chi connectivity index (χ0v) is 15.5. The van der Waals surface area contributed by atoms with Crippen LogP contribution in [0.5, 0.6) is 0 Å². The summed E-state index contributed by atoms with van der Waals surface area (Å²) < 4.78 is 24.3. The molecule has 1 saturated carbocycles. The summed E-state index contributed by atoms with van der Waals surface area (Å²) in [6, 6.07) is 8.30. The first-order chi connectivity index (χ1) is 9.29. The molecule has 0 unspecified atom stereocenters. The molecule has 0 radical (unpaired) electrons. The number of rotatable bonds is 2. The molecule has 21 heavy (non-hydrogen) atoms. The molecule has 1 aliphatic rings. The Bertz CT molecular complexity index is 499. The van der Waals surface area contributed by atoms with Gasteiger partial charge >= 0.3 is 0 Å². The number of nitrogens with one attached hydrogen (secondary N) is 1. The zero-order valence-electron chi connectivity index (χ0n) is 12.9. The van der Waals surface area contributed by atoms with Crippen molar-refractivity contribution in [3.05, 3.63) is 35.4 Å². The van der Waals surface area contributed by atoms with Crippen molar-refractivity contribution in [2.24, 2.45) is 5.73 Å². The van der Waals surface area contributed by atoms with E-state index in [9.17, 15) is 8.42 Å². The molecule has 6 heteroatoms. The first kappa shape index (κ1) is 20.7. The predicted molar refractivity (Wildman–Crippen MR) is 84.1 cm³/mol. The summed E-state index contributed by atoms with van der Waals surface area (Å²) in [6.45, 7) is 4.24. The summed E-state index contributed by atoms with van der Waals surface area (Å²) in [6.07, 6.45) is 5.15. The number of nitrogens with two attached hydrogens (primary N) is 1. The van der Waals surface area contributed by atoms with Crippen LogP contribution in [0.25, 0.3) is 0 Å². The Balaban J connectivity index is 0.000000390. The Morgan fingerprint density at radius 2 is 1.57 bits per heavy atom. The van der Waals surface area contributed by atoms with E-state index < -0.39 is 10.0 Å². The molecule has 122 valence electrons. The van der Waals surface area contributed by atoms with Gasteiger partial charge in [0.25, 0.3) is 0 Å². The standard InChI is InChI=1S/C8H10.C7H16N2O2S.Ru/c1-7-5-3-4-6-8(7)2;1-12(10,11)9-7-5-3-2-4-6(7)8;/h3-6H,1-2H3;6-7,9H,2-5,8H2,1H3;/t;6-,7-;/m.0./s1. The van der Waals surface area contributed by atoms with Crippen molar-refractivity contribution in [1.82, 2.24) is 4.72 Å². The van der Waals surface area contributed by atoms with Gasteiger partial charge in [0.05, 0.1) is 6.26 Å². The van der Waals surface area contributed by atoms with Crippen molar-refractivity contribution >= 4 is 10.0 Å². The monoisotopic (exact) mass is 400 g/mol. The van der Waals surface area contributed by atoms with Crippen molar-refractivity contribution < 1.29 is 27.9 Å². The van der Waals surface area contributed by atoms with Gasteiger partial charge in [-0.25, -0.2) is 13.1 Å². The van der Waals surface area contributed by atoms with Gasteiger partial charge in [0.1, 0.15) is 0 Å². The fourth-order valence-corrected chi connectivity index (χ4v) is 3.09. The Labute approximate surface area is 141 Å². The van der Waals surface area contributed by atoms with Gasteiger partial charge < -0.3 is 5.73 Å². The van der Waals surface area contributed by atoms with Gasteiger partial charge in [-0.3, -0.25) is 0 Å². The third-order valence-corrected chi connectivity index (χ3v) is 4.34. The molecular weight excluding hydrogens is 373 g/mol. The van der Waals surface area contributed by atoms with Crippen LogP contribution in [-0.2, 0) is 29.5 Å². The van der Waals surface area contributed by atoms with Crippen molar-refractivity contribution in [2.45, 2.75) is 51.6 Å². The second kappa shape index (κ2) is 9.67. The molecule has 3 N–H and O–H groups in total. The Hall–Kier alpha value is -0.287. The van der Waals surface area contributed by atoms with Crippen LogP contribution in [0.1, 0.15) is 36.8 Å². The Morgan fingerprint density at radius 1 is 1.10 bits per heavy atom. The minimum atomic E-state index is -3.09. The van der Waals surface area contributed by atoms with E-state index in [-0.39, 0.29) is 31.6 Å². The topological polar surface area (TPSA) is 72.2 Å². The molecule has 4 nitrogen and oxygen atoms in total. The Morgan fingerprint density at radius 3 is 1.95 bits per heavy atom. The van der Waals surface area contributed by atoms with Gasteiger partial charge in [-0.2, -0.15) is 0 Å². The molecule has 0 spiro atoms. The smallest absolute Gasteiger partial charge is 0.209 e. The van der Waals surface area contributed by atoms with Crippen LogP contribution in [0.4, 0.5) is 0 Å². The van der Waals surface area contributed by atoms with Gasteiger partial charge in [0.2, 0.25) is 10.0 Å². The average Bonchev–Trinajstić information content (AvgIpc) is 2.35. The van der Waals surface area contributed by atoms with Crippen molar-refractivity contribution in [3.8, 4) is 0 Å². The van der Waals surface area contributed by atoms with Crippen molar-refractivity contribution in [1.29, 1.82) is 0 Å². The molecule has 1 aliphatic carbocycles. The maximum atomic E-state index is 10.9. The number of hydrogen-bond donors (Lipinski definition) is 2. The molecule has 1 aromatic carbocycles. The summed E-state index contributed by atoms with van der Waals surface area (Å²) in [4.78, 5) is 0. The molecule has 0 amide bonds. The van der Waals surface area contributed by atoms with E-state index in [4.69, 9.17) is 5.73 Å². The minimum Gasteiger partial charge on any atom is -0.326 e. The summed E-state index contributed by atoms with van der Waals surface area (Å²) >= 11 is 0. The molecule has 1 fully saturated rings. The fourth-order valence-electron chi connectivity index (χ4n) is 2.24. The predicted octanol–water partition coefficient (Wildman–Crippen LogP) is 2.11. The summed E-state index contributed by atoms with van der Waals surface area (Å²) in [7, 11) is -3.09. The van der Waals surface area contributed by atoms with E-state index in [1.54, 1.807) is 0 Å². The molecule has 2 rings (SSSR count). The summed E-state index contributed by atoms with van der Waals surface area (Å²) in [5, 5.41) is 0. The first-order valence-electron chi connectivity index (χ1n) is 7.04. The van der Waals surface area contributed by atoms with Crippen molar-refractivity contribution in [2.75, 3.05) is 6.26 Å². The van der Waals surface area contributed by atoms with Gasteiger partial charge in [-0.1, -0.05) is 37.1 Å². The van der Waals surface area contributed by atoms with Gasteiger partial charge in [0.15, 0.2) is 0 Å². The molecule has 0 aliphatic heterocycles. The Kier molecular flexibility index (Phi) is 9.54. The maximum Gasteiger partial charge on any atom is 0.209 e. The third-order valence-electron chi connectivity index (χ3n) is 3.61. The molecule has 0 bridgehead atoms. The van der Waals surface area contributed by atoms with Crippen LogP contribution < -0.4 is 10.5 Å². The van der Waals surface area contributed by atoms with Gasteiger partial charge in [0, 0.05) is 31.6 Å². The van der Waals surface area contributed by atoms with E-state index in [1.807, 2.05) is 0 Å². The second-order valence-electron chi connectivity index (χ2n) is 5.53. The minimum absolute atomic E-state index is 0. The molecule has 1 aromatic rings. The summed E-state index contributed by atoms with van der Waals surface area (Å²) in [5.74, 6) is 0. The maximum absolute atomic E-state index is 10.9. The quantitative estimate of drug-likeness (QED) is 0.748. The number of aryl methyl sites for hydroxylation is 2. The molecular formula is C15H26N2O2RuS. The van der Waals surface area contributed by atoms with Crippen molar-refractivity contribution in [3.63, 3.8) is 0 Å². The normalized spacial score (nSPS) is 21.7. The number of hydrogen-bond acceptors (Lipinski definition) is 3. The molecule has 0 saturated heterocycles. The number of sulfonamides is 1. The molecule has 0 aromatic heterocycles. The van der Waals surface area contributed by atoms with Crippen LogP contribution in [0.2, 0.25) is 0 Å². The van der Waals surface area contributed by atoms with Crippen LogP contribution in [0, 0.1) is 13.8 Å². The summed E-state index contributed by atoms with van der Waals surface area (Å²) in [5.41, 5.74) is 8.50. The third kappa shape index (κ3) is 8.67. The number of benzene rings is 1. The van der Waals surface area contributed by atoms with Crippen LogP contribution in [0.15, 0.2) is 24.3 Å². The second-order valence-corrected chi connectivity index (χ2v) is 7.31. The van der Waals surface area contributed by atoms with Gasteiger partial charge in [-0.05, 0) is 37.8 Å². The zero-order chi connectivity index (χ0) is 15.2. The average molecular weight is 400 g/mol. The van der Waals surface area contributed by atoms with E-state index in [0.717, 1.165) is 25.7 Å². The van der Waals surface area contributed by atoms with Crippen LogP contribution in [0.3, 0.4) is 0 Å². The first-order valence-corrected chi connectivity index (χ1v) is 8.94. The molecule has 2 atom stereocenters. The van der Waals surface area contributed by atoms with Crippen LogP contribution in [-0.4, -0.2) is 26.8 Å². The van der Waals surface area contributed by atoms with Gasteiger partial charge in [-0.15, -0.1) is 0 Å². The molecule has 0 heterocycles. The SMILES string of the molecule is CS(=O)(=O)N[C@H]1CCCC[C@@H]1N.Cc1ccccc1C.[Ru]. The largest absolute Gasteiger partial charge is 0.326 e. The van der Waals surface area contributed by atoms with E-state index in [1.165, 1.54) is 17.4 Å². The van der Waals surface area contributed by atoms with E-state index >= 15 is 0 Å². The van der Waals surface area contributed by atoms with Crippen LogP contribution >= 0.6 is 0 Å². The van der Waals surface area contributed by atoms with E-state index in [0.29, 0.717) is 0 Å². The fraction of sp³-hybridized carbons (Fsp3) is 0.600. The van der Waals surface area contributed by atoms with E-state index in [2.05, 4.69) is 42.8 Å².